The molecule has 0 atom stereocenters. The fraction of sp³-hybridized carbons (Fsp3) is 0.222. The van der Waals surface area contributed by atoms with Crippen molar-refractivity contribution in [3.63, 3.8) is 0 Å². The van der Waals surface area contributed by atoms with Crippen molar-refractivity contribution in [2.45, 2.75) is 31.2 Å². The van der Waals surface area contributed by atoms with Crippen molar-refractivity contribution in [3.8, 4) is 23.1 Å². The summed E-state index contributed by atoms with van der Waals surface area (Å²) in [4.78, 5) is 13.0. The molecule has 0 aliphatic carbocycles. The van der Waals surface area contributed by atoms with E-state index in [0.717, 1.165) is 5.56 Å². The van der Waals surface area contributed by atoms with Crippen LogP contribution in [0.15, 0.2) is 78.0 Å². The van der Waals surface area contributed by atoms with Gasteiger partial charge in [-0.25, -0.2) is 9.97 Å². The van der Waals surface area contributed by atoms with E-state index in [0.29, 0.717) is 11.3 Å². The number of rotatable bonds is 11. The summed E-state index contributed by atoms with van der Waals surface area (Å²) in [5, 5.41) is 19.0. The molecule has 0 saturated heterocycles. The quantitative estimate of drug-likeness (QED) is 0.256. The van der Waals surface area contributed by atoms with Crippen LogP contribution >= 0.6 is 0 Å². The first kappa shape index (κ1) is 26.8. The van der Waals surface area contributed by atoms with Crippen molar-refractivity contribution in [1.82, 2.24) is 15.0 Å². The summed E-state index contributed by atoms with van der Waals surface area (Å²) >= 11 is 0. The Bertz CT molecular complexity index is 1480. The van der Waals surface area contributed by atoms with Crippen molar-refractivity contribution < 1.29 is 28.1 Å². The van der Waals surface area contributed by atoms with E-state index in [4.69, 9.17) is 9.47 Å². The van der Waals surface area contributed by atoms with Crippen LogP contribution in [0.1, 0.15) is 36.7 Å². The van der Waals surface area contributed by atoms with Crippen molar-refractivity contribution in [1.29, 1.82) is 0 Å². The van der Waals surface area contributed by atoms with Gasteiger partial charge in [0.2, 0.25) is 5.75 Å². The van der Waals surface area contributed by atoms with Gasteiger partial charge in [-0.15, -0.1) is 0 Å². The number of pyridine rings is 1. The number of nitrogens with zero attached hydrogens (tertiary/aromatic N) is 3. The van der Waals surface area contributed by atoms with Gasteiger partial charge in [-0.1, -0.05) is 50.2 Å². The number of sulfonamides is 1. The molecule has 2 aromatic carbocycles. The third-order valence-corrected chi connectivity index (χ3v) is 6.63. The number of ether oxygens (including phenoxy) is 2. The van der Waals surface area contributed by atoms with Crippen LogP contribution in [-0.2, 0) is 16.4 Å². The molecule has 0 amide bonds. The maximum Gasteiger partial charge on any atom is 0.280 e. The lowest BCUT2D eigenvalue weighted by Gasteiger charge is -2.17. The molecule has 3 N–H and O–H groups in total. The standard InChI is InChI=1S/C27H28N4O6S/c1-18(2)20-11-12-24(28-17-20)38(34,35)31-26-25(37-22-9-4-3-5-10-22)27(36-14-13-32)30-23(29-26)16-19-7-6-8-21(33)15-19/h3-12,15,17-18,32-33H,13-14,16H2,1-2H3,(H,29,30,31). The Balaban J connectivity index is 1.79. The number of hydrogen-bond acceptors (Lipinski definition) is 9. The Morgan fingerprint density at radius 1 is 1.00 bits per heavy atom. The lowest BCUT2D eigenvalue weighted by molar-refractivity contribution is 0.192. The Morgan fingerprint density at radius 3 is 2.45 bits per heavy atom. The summed E-state index contributed by atoms with van der Waals surface area (Å²) < 4.78 is 40.7. The van der Waals surface area contributed by atoms with Gasteiger partial charge in [0.15, 0.2) is 10.8 Å². The molecule has 0 unspecified atom stereocenters. The number of para-hydroxylation sites is 1. The zero-order chi connectivity index (χ0) is 27.1. The van der Waals surface area contributed by atoms with E-state index >= 15 is 0 Å². The maximum absolute atomic E-state index is 13.3. The van der Waals surface area contributed by atoms with E-state index in [2.05, 4.69) is 19.7 Å². The molecule has 38 heavy (non-hydrogen) atoms. The zero-order valence-electron chi connectivity index (χ0n) is 20.9. The second kappa shape index (κ2) is 11.9. The fourth-order valence-corrected chi connectivity index (χ4v) is 4.42. The highest BCUT2D eigenvalue weighted by atomic mass is 32.2. The van der Waals surface area contributed by atoms with Crippen LogP contribution < -0.4 is 14.2 Å². The number of aliphatic hydroxyl groups is 1. The summed E-state index contributed by atoms with van der Waals surface area (Å²) in [5.74, 6) is 0.545. The Morgan fingerprint density at radius 2 is 1.79 bits per heavy atom. The highest BCUT2D eigenvalue weighted by Crippen LogP contribution is 2.37. The van der Waals surface area contributed by atoms with Gasteiger partial charge >= 0.3 is 0 Å². The monoisotopic (exact) mass is 536 g/mol. The van der Waals surface area contributed by atoms with Gasteiger partial charge in [0.1, 0.15) is 23.9 Å². The summed E-state index contributed by atoms with van der Waals surface area (Å²) in [6, 6.07) is 18.3. The molecule has 2 aromatic heterocycles. The predicted molar refractivity (Wildman–Crippen MR) is 141 cm³/mol. The molecule has 0 saturated carbocycles. The highest BCUT2D eigenvalue weighted by molar-refractivity contribution is 7.92. The smallest absolute Gasteiger partial charge is 0.280 e. The molecule has 0 spiro atoms. The second-order valence-corrected chi connectivity index (χ2v) is 10.3. The topological polar surface area (TPSA) is 144 Å². The van der Waals surface area contributed by atoms with Crippen LogP contribution in [0.4, 0.5) is 5.82 Å². The molecule has 2 heterocycles. The fourth-order valence-electron chi connectivity index (χ4n) is 3.48. The van der Waals surface area contributed by atoms with E-state index in [1.54, 1.807) is 54.6 Å². The van der Waals surface area contributed by atoms with Crippen LogP contribution in [0.3, 0.4) is 0 Å². The molecule has 11 heteroatoms. The average molecular weight is 537 g/mol. The van der Waals surface area contributed by atoms with Crippen LogP contribution in [0.2, 0.25) is 0 Å². The van der Waals surface area contributed by atoms with Crippen molar-refractivity contribution >= 4 is 15.8 Å². The lowest BCUT2D eigenvalue weighted by atomic mass is 10.1. The number of aromatic nitrogens is 3. The Hall–Kier alpha value is -4.22. The summed E-state index contributed by atoms with van der Waals surface area (Å²) in [7, 11) is -4.18. The highest BCUT2D eigenvalue weighted by Gasteiger charge is 2.25. The van der Waals surface area contributed by atoms with Crippen LogP contribution in [-0.4, -0.2) is 46.8 Å². The minimum absolute atomic E-state index is 0.0612. The average Bonchev–Trinajstić information content (AvgIpc) is 2.89. The second-order valence-electron chi connectivity index (χ2n) is 8.65. The SMILES string of the molecule is CC(C)c1ccc(S(=O)(=O)Nc2nc(Cc3cccc(O)c3)nc(OCCO)c2Oc2ccccc2)nc1. The van der Waals surface area contributed by atoms with E-state index in [1.807, 2.05) is 13.8 Å². The molecule has 198 valence electrons. The van der Waals surface area contributed by atoms with Crippen molar-refractivity contribution in [2.75, 3.05) is 17.9 Å². The van der Waals surface area contributed by atoms with Gasteiger partial charge < -0.3 is 19.7 Å². The largest absolute Gasteiger partial charge is 0.508 e. The first-order chi connectivity index (χ1) is 18.2. The Kier molecular flexibility index (Phi) is 8.39. The first-order valence-corrected chi connectivity index (χ1v) is 13.4. The van der Waals surface area contributed by atoms with Gasteiger partial charge in [-0.3, -0.25) is 4.72 Å². The number of phenolic OH excluding ortho intramolecular Hbond substituents is 1. The number of aromatic hydroxyl groups is 1. The number of hydrogen-bond donors (Lipinski definition) is 3. The lowest BCUT2D eigenvalue weighted by Crippen LogP contribution is -2.18. The molecule has 0 bridgehead atoms. The predicted octanol–water partition coefficient (Wildman–Crippen LogP) is 4.26. The summed E-state index contributed by atoms with van der Waals surface area (Å²) in [6.45, 7) is 3.56. The molecular formula is C27H28N4O6S. The number of benzene rings is 2. The van der Waals surface area contributed by atoms with Crippen molar-refractivity contribution in [2.24, 2.45) is 0 Å². The minimum atomic E-state index is -4.18. The van der Waals surface area contributed by atoms with Gasteiger partial charge in [-0.2, -0.15) is 13.4 Å². The number of aliphatic hydroxyl groups excluding tert-OH is 1. The molecule has 10 nitrogen and oxygen atoms in total. The van der Waals surface area contributed by atoms with Crippen molar-refractivity contribution in [3.05, 3.63) is 89.9 Å². The van der Waals surface area contributed by atoms with E-state index in [1.165, 1.54) is 18.3 Å². The Labute approximate surface area is 221 Å². The van der Waals surface area contributed by atoms with E-state index < -0.39 is 10.0 Å². The van der Waals surface area contributed by atoms with Crippen LogP contribution in [0.5, 0.6) is 23.1 Å². The van der Waals surface area contributed by atoms with Gasteiger partial charge in [0.25, 0.3) is 15.9 Å². The molecule has 4 aromatic rings. The molecule has 0 aliphatic rings. The third kappa shape index (κ3) is 6.75. The maximum atomic E-state index is 13.3. The summed E-state index contributed by atoms with van der Waals surface area (Å²) in [6.07, 6.45) is 1.68. The number of anilines is 1. The minimum Gasteiger partial charge on any atom is -0.508 e. The summed E-state index contributed by atoms with van der Waals surface area (Å²) in [5.41, 5.74) is 1.58. The molecule has 0 radical (unpaired) electrons. The first-order valence-electron chi connectivity index (χ1n) is 11.9. The van der Waals surface area contributed by atoms with E-state index in [9.17, 15) is 18.6 Å². The molecular weight excluding hydrogens is 508 g/mol. The van der Waals surface area contributed by atoms with Gasteiger partial charge in [0.05, 0.1) is 6.61 Å². The number of nitrogens with one attached hydrogen (secondary N) is 1. The van der Waals surface area contributed by atoms with Gasteiger partial charge in [-0.05, 0) is 47.4 Å². The normalized spacial score (nSPS) is 11.4. The van der Waals surface area contributed by atoms with E-state index in [-0.39, 0.29) is 59.6 Å². The molecule has 0 fully saturated rings. The number of phenols is 1. The van der Waals surface area contributed by atoms with Crippen LogP contribution in [0.25, 0.3) is 0 Å². The molecule has 0 aliphatic heterocycles. The van der Waals surface area contributed by atoms with Gasteiger partial charge in [0, 0.05) is 12.6 Å². The molecule has 4 rings (SSSR count). The third-order valence-electron chi connectivity index (χ3n) is 5.38. The van der Waals surface area contributed by atoms with Crippen LogP contribution in [0, 0.1) is 0 Å². The zero-order valence-corrected chi connectivity index (χ0v) is 21.7.